The van der Waals surface area contributed by atoms with E-state index in [1.807, 2.05) is 13.8 Å². The maximum atomic E-state index is 11.7. The molecule has 0 rings (SSSR count). The van der Waals surface area contributed by atoms with Crippen molar-refractivity contribution in [1.29, 1.82) is 0 Å². The van der Waals surface area contributed by atoms with Crippen LogP contribution in [0, 0.1) is 0 Å². The molecule has 0 saturated heterocycles. The molecule has 0 atom stereocenters. The van der Waals surface area contributed by atoms with E-state index < -0.39 is 6.67 Å². The van der Waals surface area contributed by atoms with Gasteiger partial charge in [0.2, 0.25) is 0 Å². The molecule has 0 unspecified atom stereocenters. The minimum absolute atomic E-state index is 0.131. The van der Waals surface area contributed by atoms with Crippen LogP contribution in [0.25, 0.3) is 0 Å². The van der Waals surface area contributed by atoms with Crippen molar-refractivity contribution in [2.75, 3.05) is 79.4 Å². The summed E-state index contributed by atoms with van der Waals surface area (Å²) in [4.78, 5) is 0. The van der Waals surface area contributed by atoms with Gasteiger partial charge in [0.1, 0.15) is 6.67 Å². The molecular weight excluding hydrogens is 295 g/mol. The molecule has 22 heavy (non-hydrogen) atoms. The van der Waals surface area contributed by atoms with Crippen LogP contribution in [-0.4, -0.2) is 85.5 Å². The molecule has 0 spiro atoms. The van der Waals surface area contributed by atoms with Gasteiger partial charge in [0, 0.05) is 0 Å². The quantitative estimate of drug-likeness (QED) is 0.356. The van der Waals surface area contributed by atoms with Crippen molar-refractivity contribution in [1.82, 2.24) is 0 Å². The summed E-state index contributed by atoms with van der Waals surface area (Å²) < 4.78 is 43.2. The van der Waals surface area contributed by atoms with Gasteiger partial charge in [-0.25, -0.2) is 4.39 Å². The molecule has 0 aliphatic carbocycles. The molecule has 0 saturated carbocycles. The van der Waals surface area contributed by atoms with Gasteiger partial charge in [0.25, 0.3) is 0 Å². The van der Waals surface area contributed by atoms with Crippen LogP contribution in [0.2, 0.25) is 0 Å². The molecular formula is C15H31FO6. The van der Waals surface area contributed by atoms with Crippen LogP contribution in [0.4, 0.5) is 4.39 Å². The average Bonchev–Trinajstić information content (AvgIpc) is 2.50. The topological polar surface area (TPSA) is 55.4 Å². The lowest BCUT2D eigenvalue weighted by atomic mass is 10.5. The molecule has 7 heteroatoms. The largest absolute Gasteiger partial charge is 0.377 e. The molecule has 134 valence electrons. The highest BCUT2D eigenvalue weighted by atomic mass is 19.1. The molecule has 6 nitrogen and oxygen atoms in total. The number of hydrogen-bond acceptors (Lipinski definition) is 6. The van der Waals surface area contributed by atoms with Crippen molar-refractivity contribution in [3.63, 3.8) is 0 Å². The van der Waals surface area contributed by atoms with Crippen LogP contribution in [0.1, 0.15) is 13.8 Å². The minimum Gasteiger partial charge on any atom is -0.377 e. The van der Waals surface area contributed by atoms with Gasteiger partial charge >= 0.3 is 0 Å². The zero-order chi connectivity index (χ0) is 16.3. The lowest BCUT2D eigenvalue weighted by molar-refractivity contribution is -0.0215. The van der Waals surface area contributed by atoms with E-state index in [9.17, 15) is 4.39 Å². The van der Waals surface area contributed by atoms with E-state index >= 15 is 0 Å². The van der Waals surface area contributed by atoms with Crippen molar-refractivity contribution in [3.8, 4) is 0 Å². The molecule has 0 aliphatic heterocycles. The second-order valence-electron chi connectivity index (χ2n) is 4.67. The van der Waals surface area contributed by atoms with Crippen molar-refractivity contribution in [2.24, 2.45) is 0 Å². The van der Waals surface area contributed by atoms with Crippen LogP contribution < -0.4 is 0 Å². The van der Waals surface area contributed by atoms with Gasteiger partial charge < -0.3 is 28.4 Å². The Bertz CT molecular complexity index is 206. The number of ether oxygens (including phenoxy) is 6. The summed E-state index contributed by atoms with van der Waals surface area (Å²) in [6.45, 7) is 8.90. The first kappa shape index (κ1) is 21.7. The van der Waals surface area contributed by atoms with Crippen LogP contribution in [-0.2, 0) is 28.4 Å². The number of alkyl halides is 1. The van der Waals surface area contributed by atoms with Gasteiger partial charge in [-0.15, -0.1) is 0 Å². The highest BCUT2D eigenvalue weighted by Gasteiger charge is 1.95. The summed E-state index contributed by atoms with van der Waals surface area (Å²) >= 11 is 0. The summed E-state index contributed by atoms with van der Waals surface area (Å²) in [5.41, 5.74) is 0. The van der Waals surface area contributed by atoms with E-state index in [4.69, 9.17) is 28.4 Å². The molecule has 0 amide bonds. The fourth-order valence-corrected chi connectivity index (χ4v) is 1.38. The third-order valence-electron chi connectivity index (χ3n) is 2.39. The summed E-state index contributed by atoms with van der Waals surface area (Å²) in [6.07, 6.45) is 0.239. The van der Waals surface area contributed by atoms with E-state index in [0.29, 0.717) is 66.1 Å². The van der Waals surface area contributed by atoms with Gasteiger partial charge in [0.15, 0.2) is 0 Å². The molecule has 0 aromatic heterocycles. The van der Waals surface area contributed by atoms with Gasteiger partial charge in [-0.1, -0.05) is 0 Å². The summed E-state index contributed by atoms with van der Waals surface area (Å²) in [6, 6.07) is 0. The lowest BCUT2D eigenvalue weighted by Crippen LogP contribution is -2.14. The smallest absolute Gasteiger partial charge is 0.113 e. The molecule has 0 heterocycles. The van der Waals surface area contributed by atoms with E-state index in [1.165, 1.54) is 0 Å². The fourth-order valence-electron chi connectivity index (χ4n) is 1.38. The molecule has 0 radical (unpaired) electrons. The van der Waals surface area contributed by atoms with E-state index in [-0.39, 0.29) is 12.7 Å². The Morgan fingerprint density at radius 2 is 0.864 bits per heavy atom. The van der Waals surface area contributed by atoms with Crippen LogP contribution in [0.3, 0.4) is 0 Å². The third-order valence-corrected chi connectivity index (χ3v) is 2.39. The summed E-state index contributed by atoms with van der Waals surface area (Å²) in [5.74, 6) is 0. The number of halogens is 1. The summed E-state index contributed by atoms with van der Waals surface area (Å²) in [5, 5.41) is 0. The molecule has 0 aromatic rings. The molecule has 0 aliphatic rings. The van der Waals surface area contributed by atoms with Crippen molar-refractivity contribution < 1.29 is 32.8 Å². The second kappa shape index (κ2) is 18.7. The number of rotatable bonds is 18. The Kier molecular flexibility index (Phi) is 18.5. The Hall–Kier alpha value is -0.310. The normalized spacial score (nSPS) is 11.5. The first-order valence-electron chi connectivity index (χ1n) is 7.83. The molecule has 0 bridgehead atoms. The van der Waals surface area contributed by atoms with Crippen molar-refractivity contribution >= 4 is 0 Å². The molecule has 0 N–H and O–H groups in total. The summed E-state index contributed by atoms with van der Waals surface area (Å²) in [7, 11) is 0. The Balaban J connectivity index is 2.94. The van der Waals surface area contributed by atoms with Gasteiger partial charge in [-0.2, -0.15) is 0 Å². The first-order chi connectivity index (χ1) is 10.8. The molecule has 0 fully saturated rings. The van der Waals surface area contributed by atoms with Gasteiger partial charge in [-0.05, 0) is 13.8 Å². The zero-order valence-electron chi connectivity index (χ0n) is 13.9. The van der Waals surface area contributed by atoms with Crippen LogP contribution in [0.5, 0.6) is 0 Å². The maximum Gasteiger partial charge on any atom is 0.113 e. The van der Waals surface area contributed by atoms with Crippen molar-refractivity contribution in [2.45, 2.75) is 20.0 Å². The van der Waals surface area contributed by atoms with Crippen LogP contribution in [0.15, 0.2) is 0 Å². The van der Waals surface area contributed by atoms with Gasteiger partial charge in [-0.3, -0.25) is 0 Å². The van der Waals surface area contributed by atoms with Gasteiger partial charge in [0.05, 0.1) is 78.8 Å². The van der Waals surface area contributed by atoms with Crippen molar-refractivity contribution in [3.05, 3.63) is 0 Å². The van der Waals surface area contributed by atoms with E-state index in [2.05, 4.69) is 0 Å². The van der Waals surface area contributed by atoms with E-state index in [1.54, 1.807) is 0 Å². The Labute approximate surface area is 133 Å². The van der Waals surface area contributed by atoms with E-state index in [0.717, 1.165) is 0 Å². The predicted molar refractivity (Wildman–Crippen MR) is 81.2 cm³/mol. The first-order valence-corrected chi connectivity index (χ1v) is 7.83. The fraction of sp³-hybridized carbons (Fsp3) is 1.00. The highest BCUT2D eigenvalue weighted by Crippen LogP contribution is 1.88. The highest BCUT2D eigenvalue weighted by molar-refractivity contribution is 4.38. The minimum atomic E-state index is -0.458. The average molecular weight is 326 g/mol. The molecule has 0 aromatic carbocycles. The monoisotopic (exact) mass is 326 g/mol. The second-order valence-corrected chi connectivity index (χ2v) is 4.67. The Morgan fingerprint density at radius 3 is 1.18 bits per heavy atom. The lowest BCUT2D eigenvalue weighted by Gasteiger charge is -2.09. The standard InChI is InChI=1S/C15H31FO6/c1-15(2)22-14-13-21-12-11-20-10-9-19-8-7-18-6-5-17-4-3-16/h15H,3-14H2,1-2H3. The number of hydrogen-bond donors (Lipinski definition) is 0. The zero-order valence-corrected chi connectivity index (χ0v) is 13.9. The predicted octanol–water partition coefficient (Wildman–Crippen LogP) is 1.46. The Morgan fingerprint density at radius 1 is 0.545 bits per heavy atom. The third kappa shape index (κ3) is 19.7. The maximum absolute atomic E-state index is 11.7. The van der Waals surface area contributed by atoms with Crippen LogP contribution >= 0.6 is 0 Å². The SMILES string of the molecule is CC(C)OCCOCCOCCOCCOCCOCCF.